The van der Waals surface area contributed by atoms with Crippen molar-refractivity contribution in [2.24, 2.45) is 11.7 Å². The topological polar surface area (TPSA) is 330 Å². The molecule has 0 saturated heterocycles. The first-order valence-electron chi connectivity index (χ1n) is 25.7. The minimum Gasteiger partial charge on any atom is -0.445 e. The lowest BCUT2D eigenvalue weighted by atomic mass is 10.0. The van der Waals surface area contributed by atoms with Gasteiger partial charge >= 0.3 is 12.1 Å². The van der Waals surface area contributed by atoms with Crippen molar-refractivity contribution in [1.82, 2.24) is 50.7 Å². The molecule has 10 N–H and O–H groups in total. The molecule has 23 nitrogen and oxygen atoms in total. The summed E-state index contributed by atoms with van der Waals surface area (Å²) in [5.41, 5.74) is 16.3. The predicted octanol–water partition coefficient (Wildman–Crippen LogP) is 5.19. The summed E-state index contributed by atoms with van der Waals surface area (Å²) in [4.78, 5) is 120. The SMILES string of the molecule is CC(C)[C@H](NC(=O)CCCCCN1C(=O)C=CC1=O)C(=O)N[C@@H](CCCNC(N)=O)C(=O)Nc1ccc(COC(=O)NCCc2ccc(-c3cnc(N)c(C(=O)Nc4cnccc4-n4ccnc4-c4ccccc4)n3)cc2)cc1. The first-order valence-corrected chi connectivity index (χ1v) is 25.7. The van der Waals surface area contributed by atoms with Crippen molar-refractivity contribution in [1.29, 1.82) is 0 Å². The first-order chi connectivity index (χ1) is 38.1. The Morgan fingerprint density at radius 3 is 2.18 bits per heavy atom. The van der Waals surface area contributed by atoms with Crippen molar-refractivity contribution >= 4 is 64.8 Å². The van der Waals surface area contributed by atoms with E-state index in [0.29, 0.717) is 71.8 Å². The van der Waals surface area contributed by atoms with Crippen LogP contribution in [0, 0.1) is 5.92 Å². The summed E-state index contributed by atoms with van der Waals surface area (Å²) in [5.74, 6) is -2.49. The molecule has 2 atom stereocenters. The fraction of sp³-hybridized carbons (Fsp3) is 0.286. The van der Waals surface area contributed by atoms with Gasteiger partial charge in [0.15, 0.2) is 11.5 Å². The Balaban J connectivity index is 0.851. The van der Waals surface area contributed by atoms with Crippen molar-refractivity contribution in [3.8, 4) is 28.3 Å². The Kier molecular flexibility index (Phi) is 20.0. The molecular weight excluding hydrogens is 1010 g/mol. The number of primary amides is 1. The fourth-order valence-electron chi connectivity index (χ4n) is 8.36. The number of nitrogens with two attached hydrogens (primary N) is 2. The Hall–Kier alpha value is -9.80. The zero-order chi connectivity index (χ0) is 56.3. The largest absolute Gasteiger partial charge is 0.445 e. The fourth-order valence-corrected chi connectivity index (χ4v) is 8.36. The van der Waals surface area contributed by atoms with Crippen molar-refractivity contribution in [3.05, 3.63) is 145 Å². The lowest BCUT2D eigenvalue weighted by Crippen LogP contribution is -2.54. The smallest absolute Gasteiger partial charge is 0.407 e. The monoisotopic (exact) mass is 1070 g/mol. The van der Waals surface area contributed by atoms with Crippen LogP contribution in [0.4, 0.5) is 26.8 Å². The molecule has 3 aromatic heterocycles. The van der Waals surface area contributed by atoms with Crippen LogP contribution in [0.5, 0.6) is 0 Å². The van der Waals surface area contributed by atoms with Crippen LogP contribution in [0.15, 0.2) is 128 Å². The third-order valence-corrected chi connectivity index (χ3v) is 12.6. The molecule has 23 heteroatoms. The Morgan fingerprint density at radius 1 is 0.722 bits per heavy atom. The third kappa shape index (κ3) is 16.4. The molecule has 0 unspecified atom stereocenters. The number of anilines is 3. The van der Waals surface area contributed by atoms with Crippen LogP contribution in [0.25, 0.3) is 28.3 Å². The van der Waals surface area contributed by atoms with Crippen LogP contribution in [-0.4, -0.2) is 109 Å². The van der Waals surface area contributed by atoms with Crippen LogP contribution in [0.1, 0.15) is 74.0 Å². The number of imide groups is 1. The molecule has 3 aromatic carbocycles. The maximum absolute atomic E-state index is 13.7. The van der Waals surface area contributed by atoms with Gasteiger partial charge < -0.3 is 48.1 Å². The molecule has 79 heavy (non-hydrogen) atoms. The molecule has 6 aromatic rings. The van der Waals surface area contributed by atoms with E-state index in [1.165, 1.54) is 24.5 Å². The van der Waals surface area contributed by atoms with E-state index in [-0.39, 0.29) is 74.2 Å². The lowest BCUT2D eigenvalue weighted by molar-refractivity contribution is -0.137. The van der Waals surface area contributed by atoms with Gasteiger partial charge in [0, 0.05) is 73.6 Å². The maximum Gasteiger partial charge on any atom is 0.407 e. The Labute approximate surface area is 455 Å². The molecule has 0 aliphatic carbocycles. The minimum atomic E-state index is -1.06. The zero-order valence-corrected chi connectivity index (χ0v) is 43.6. The number of benzene rings is 3. The van der Waals surface area contributed by atoms with E-state index in [1.807, 2.05) is 59.2 Å². The number of carbonyl (C=O) groups excluding carboxylic acids is 8. The number of nitrogens with zero attached hydrogens (tertiary/aromatic N) is 6. The summed E-state index contributed by atoms with van der Waals surface area (Å²) in [5, 5.41) is 16.4. The summed E-state index contributed by atoms with van der Waals surface area (Å²) < 4.78 is 7.28. The quantitative estimate of drug-likeness (QED) is 0.0256. The van der Waals surface area contributed by atoms with Gasteiger partial charge in [0.25, 0.3) is 17.7 Å². The van der Waals surface area contributed by atoms with Gasteiger partial charge in [-0.15, -0.1) is 0 Å². The predicted molar refractivity (Wildman–Crippen MR) is 293 cm³/mol. The summed E-state index contributed by atoms with van der Waals surface area (Å²) in [6, 6.07) is 22.6. The number of unbranched alkanes of at least 4 members (excludes halogenated alkanes) is 2. The summed E-state index contributed by atoms with van der Waals surface area (Å²) in [6.07, 6.45) is 12.5. The van der Waals surface area contributed by atoms with Gasteiger partial charge in [-0.05, 0) is 67.3 Å². The number of imidazole rings is 1. The molecule has 4 heterocycles. The number of amides is 9. The molecule has 0 saturated carbocycles. The Morgan fingerprint density at radius 2 is 1.46 bits per heavy atom. The van der Waals surface area contributed by atoms with E-state index in [2.05, 4.69) is 51.8 Å². The van der Waals surface area contributed by atoms with Crippen molar-refractivity contribution in [2.75, 3.05) is 36.0 Å². The molecule has 0 fully saturated rings. The van der Waals surface area contributed by atoms with E-state index < -0.39 is 41.9 Å². The molecule has 1 aliphatic rings. The summed E-state index contributed by atoms with van der Waals surface area (Å²) in [6.45, 7) is 4.13. The maximum atomic E-state index is 13.7. The minimum absolute atomic E-state index is 0.0511. The van der Waals surface area contributed by atoms with Crippen LogP contribution in [0.3, 0.4) is 0 Å². The first kappa shape index (κ1) is 56.9. The van der Waals surface area contributed by atoms with E-state index in [1.54, 1.807) is 62.8 Å². The number of alkyl carbamates (subject to hydrolysis) is 1. The highest BCUT2D eigenvalue weighted by Crippen LogP contribution is 2.27. The molecule has 7 rings (SSSR count). The van der Waals surface area contributed by atoms with Gasteiger partial charge in [-0.1, -0.05) is 87.0 Å². The van der Waals surface area contributed by atoms with E-state index in [4.69, 9.17) is 16.2 Å². The number of urea groups is 1. The second kappa shape index (κ2) is 27.8. The number of pyridine rings is 1. The number of hydrogen-bond donors (Lipinski definition) is 8. The highest BCUT2D eigenvalue weighted by molar-refractivity contribution is 6.13. The molecule has 0 bridgehead atoms. The van der Waals surface area contributed by atoms with Crippen LogP contribution in [0.2, 0.25) is 0 Å². The molecule has 1 aliphatic heterocycles. The van der Waals surface area contributed by atoms with E-state index in [0.717, 1.165) is 16.0 Å². The second-order valence-electron chi connectivity index (χ2n) is 18.7. The van der Waals surface area contributed by atoms with E-state index in [9.17, 15) is 38.4 Å². The Bertz CT molecular complexity index is 3150. The van der Waals surface area contributed by atoms with Crippen LogP contribution >= 0.6 is 0 Å². The van der Waals surface area contributed by atoms with Gasteiger partial charge in [-0.3, -0.25) is 43.2 Å². The number of carbonyl (C=O) groups is 8. The number of nitrogen functional groups attached to an aromatic ring is 1. The highest BCUT2D eigenvalue weighted by Gasteiger charge is 2.29. The average Bonchev–Trinajstić information content (AvgIpc) is 4.14. The summed E-state index contributed by atoms with van der Waals surface area (Å²) in [7, 11) is 0. The van der Waals surface area contributed by atoms with Crippen molar-refractivity contribution in [3.63, 3.8) is 0 Å². The molecule has 0 spiro atoms. The van der Waals surface area contributed by atoms with Crippen LogP contribution in [-0.2, 0) is 41.7 Å². The van der Waals surface area contributed by atoms with Gasteiger partial charge in [0.1, 0.15) is 24.5 Å². The highest BCUT2D eigenvalue weighted by atomic mass is 16.5. The number of hydrogen-bond acceptors (Lipinski definition) is 14. The van der Waals surface area contributed by atoms with Crippen molar-refractivity contribution < 1.29 is 43.1 Å². The van der Waals surface area contributed by atoms with Gasteiger partial charge in [-0.2, -0.15) is 0 Å². The zero-order valence-electron chi connectivity index (χ0n) is 43.6. The molecular formula is C56H62N14O9. The van der Waals surface area contributed by atoms with E-state index >= 15 is 0 Å². The van der Waals surface area contributed by atoms with Gasteiger partial charge in [-0.25, -0.2) is 24.5 Å². The third-order valence-electron chi connectivity index (χ3n) is 12.6. The van der Waals surface area contributed by atoms with Crippen LogP contribution < -0.4 is 43.4 Å². The number of aromatic nitrogens is 5. The number of rotatable bonds is 26. The van der Waals surface area contributed by atoms with Gasteiger partial charge in [0.05, 0.1) is 29.5 Å². The van der Waals surface area contributed by atoms with Crippen molar-refractivity contribution in [2.45, 2.75) is 77.5 Å². The lowest BCUT2D eigenvalue weighted by Gasteiger charge is -2.25. The average molecular weight is 1080 g/mol. The molecule has 410 valence electrons. The second-order valence-corrected chi connectivity index (χ2v) is 18.7. The number of nitrogens with one attached hydrogen (secondary N) is 6. The number of ether oxygens (including phenoxy) is 1. The summed E-state index contributed by atoms with van der Waals surface area (Å²) >= 11 is 0. The normalized spacial score (nSPS) is 12.6. The standard InChI is InChI=1S/C56H62N14O9/c1-35(2)48(68-45(71)13-7-4-8-30-70-46(72)22-23-47(70)73)53(75)66-41(12-9-26-61-55(58)77)52(74)64-40-20-16-37(17-21-40)34-79-56(78)62-28-24-36-14-18-38(19-15-36)42-33-63-50(57)49(65-42)54(76)67-43-32-59-27-25-44(43)69-31-29-60-51(69)39-10-5-3-6-11-39/h3,5-6,10-11,14-23,25,27,29,31-33,35,41,48H,4,7-9,12-13,24,26,28,30,34H2,1-2H3,(H2,57,63)(H,62,78)(H,64,74)(H,66,75)(H,67,76)(H,68,71)(H3,58,61,77)/t41-,48-/m0/s1. The molecule has 0 radical (unpaired) electrons. The van der Waals surface area contributed by atoms with Gasteiger partial charge in [0.2, 0.25) is 17.7 Å². The molecule has 9 amide bonds.